The number of hydrogen-bond acceptors (Lipinski definition) is 2. The van der Waals surface area contributed by atoms with Gasteiger partial charge in [-0.2, -0.15) is 0 Å². The lowest BCUT2D eigenvalue weighted by atomic mass is 10.1. The maximum atomic E-state index is 11.4. The molecule has 16 heavy (non-hydrogen) atoms. The fraction of sp³-hybridized carbons (Fsp3) is 0.167. The first-order chi connectivity index (χ1) is 7.69. The molecule has 0 aliphatic rings. The summed E-state index contributed by atoms with van der Waals surface area (Å²) in [6.07, 6.45) is 0.705. The summed E-state index contributed by atoms with van der Waals surface area (Å²) in [5.41, 5.74) is 1.44. The van der Waals surface area contributed by atoms with Crippen molar-refractivity contribution in [1.82, 2.24) is 9.97 Å². The Morgan fingerprint density at radius 1 is 1.31 bits per heavy atom. The van der Waals surface area contributed by atoms with Crippen molar-refractivity contribution in [3.05, 3.63) is 51.5 Å². The van der Waals surface area contributed by atoms with Crippen LogP contribution < -0.4 is 5.56 Å². The number of aryl methyl sites for hydroxylation is 1. The molecule has 0 radical (unpaired) electrons. The van der Waals surface area contributed by atoms with Crippen molar-refractivity contribution in [3.63, 3.8) is 0 Å². The number of nitrogens with zero attached hydrogens (tertiary/aromatic N) is 1. The lowest BCUT2D eigenvalue weighted by Gasteiger charge is -2.02. The molecule has 0 fully saturated rings. The lowest BCUT2D eigenvalue weighted by molar-refractivity contribution is 0.924. The number of rotatable bonds is 2. The Bertz CT molecular complexity index is 546. The number of H-pyrrole nitrogens is 1. The highest BCUT2D eigenvalue weighted by molar-refractivity contribution is 6.30. The molecule has 2 rings (SSSR count). The van der Waals surface area contributed by atoms with Gasteiger partial charge in [0.15, 0.2) is 0 Å². The first-order valence-corrected chi connectivity index (χ1v) is 5.43. The maximum absolute atomic E-state index is 11.4. The molecule has 0 bridgehead atoms. The first kappa shape index (κ1) is 10.9. The van der Waals surface area contributed by atoms with Crippen LogP contribution in [0.15, 0.2) is 35.1 Å². The summed E-state index contributed by atoms with van der Waals surface area (Å²) in [6, 6.07) is 8.76. The topological polar surface area (TPSA) is 45.8 Å². The summed E-state index contributed by atoms with van der Waals surface area (Å²) in [5.74, 6) is 0.692. The summed E-state index contributed by atoms with van der Waals surface area (Å²) in [5, 5.41) is 0.671. The van der Waals surface area contributed by atoms with Crippen LogP contribution in [0.5, 0.6) is 0 Å². The van der Waals surface area contributed by atoms with Crippen LogP contribution in [-0.4, -0.2) is 9.97 Å². The second-order valence-corrected chi connectivity index (χ2v) is 3.87. The molecule has 0 aliphatic heterocycles. The molecular formula is C12H11ClN2O. The minimum absolute atomic E-state index is 0.128. The van der Waals surface area contributed by atoms with Crippen LogP contribution >= 0.6 is 11.6 Å². The third-order valence-electron chi connectivity index (χ3n) is 2.27. The van der Waals surface area contributed by atoms with Crippen molar-refractivity contribution in [1.29, 1.82) is 0 Å². The monoisotopic (exact) mass is 234 g/mol. The number of halogens is 1. The molecule has 2 aromatic rings. The van der Waals surface area contributed by atoms with Crippen LogP contribution in [0.2, 0.25) is 5.02 Å². The minimum Gasteiger partial charge on any atom is -0.311 e. The third-order valence-corrected chi connectivity index (χ3v) is 2.52. The molecular weight excluding hydrogens is 224 g/mol. The van der Waals surface area contributed by atoms with Crippen LogP contribution in [0.1, 0.15) is 12.7 Å². The quantitative estimate of drug-likeness (QED) is 0.868. The molecule has 0 atom stereocenters. The van der Waals surface area contributed by atoms with Crippen molar-refractivity contribution in [3.8, 4) is 11.3 Å². The van der Waals surface area contributed by atoms with Gasteiger partial charge in [0, 0.05) is 23.1 Å². The maximum Gasteiger partial charge on any atom is 0.251 e. The van der Waals surface area contributed by atoms with E-state index in [9.17, 15) is 4.79 Å². The van der Waals surface area contributed by atoms with Gasteiger partial charge in [0.25, 0.3) is 5.56 Å². The predicted molar refractivity (Wildman–Crippen MR) is 64.7 cm³/mol. The molecule has 1 aromatic heterocycles. The van der Waals surface area contributed by atoms with Gasteiger partial charge in [-0.1, -0.05) is 30.7 Å². The molecule has 0 unspecified atom stereocenters. The Balaban J connectivity index is 2.51. The van der Waals surface area contributed by atoms with Crippen LogP contribution in [0, 0.1) is 0 Å². The molecule has 82 valence electrons. The van der Waals surface area contributed by atoms with Crippen LogP contribution in [0.4, 0.5) is 0 Å². The van der Waals surface area contributed by atoms with E-state index in [-0.39, 0.29) is 5.56 Å². The number of hydrogen-bond donors (Lipinski definition) is 1. The zero-order valence-electron chi connectivity index (χ0n) is 8.83. The van der Waals surface area contributed by atoms with Gasteiger partial charge in [-0.05, 0) is 12.1 Å². The highest BCUT2D eigenvalue weighted by atomic mass is 35.5. The number of aromatic nitrogens is 2. The van der Waals surface area contributed by atoms with E-state index < -0.39 is 0 Å². The number of aromatic amines is 1. The van der Waals surface area contributed by atoms with Gasteiger partial charge in [-0.25, -0.2) is 4.98 Å². The van der Waals surface area contributed by atoms with E-state index in [1.165, 1.54) is 6.07 Å². The highest BCUT2D eigenvalue weighted by Gasteiger charge is 2.02. The fourth-order valence-corrected chi connectivity index (χ4v) is 1.57. The van der Waals surface area contributed by atoms with Gasteiger partial charge in [-0.15, -0.1) is 0 Å². The Kier molecular flexibility index (Phi) is 3.06. The molecule has 0 saturated carbocycles. The second-order valence-electron chi connectivity index (χ2n) is 3.44. The molecule has 0 amide bonds. The SMILES string of the molecule is CCc1nc(-c2ccc(Cl)cc2)cc(=O)[nH]1. The van der Waals surface area contributed by atoms with E-state index >= 15 is 0 Å². The van der Waals surface area contributed by atoms with Gasteiger partial charge in [0.2, 0.25) is 0 Å². The molecule has 0 aliphatic carbocycles. The van der Waals surface area contributed by atoms with Crippen LogP contribution in [-0.2, 0) is 6.42 Å². The summed E-state index contributed by atoms with van der Waals surface area (Å²) in [6.45, 7) is 1.95. The average molecular weight is 235 g/mol. The molecule has 4 heteroatoms. The van der Waals surface area contributed by atoms with Crippen LogP contribution in [0.25, 0.3) is 11.3 Å². The molecule has 0 saturated heterocycles. The predicted octanol–water partition coefficient (Wildman–Crippen LogP) is 2.65. The van der Waals surface area contributed by atoms with E-state index in [0.29, 0.717) is 23.0 Å². The van der Waals surface area contributed by atoms with Crippen molar-refractivity contribution in [2.24, 2.45) is 0 Å². The zero-order valence-corrected chi connectivity index (χ0v) is 9.58. The lowest BCUT2D eigenvalue weighted by Crippen LogP contribution is -2.10. The smallest absolute Gasteiger partial charge is 0.251 e. The van der Waals surface area contributed by atoms with Gasteiger partial charge < -0.3 is 4.98 Å². The van der Waals surface area contributed by atoms with Crippen molar-refractivity contribution < 1.29 is 0 Å². The Labute approximate surface area is 98.1 Å². The first-order valence-electron chi connectivity index (χ1n) is 5.05. The zero-order chi connectivity index (χ0) is 11.5. The van der Waals surface area contributed by atoms with E-state index in [1.54, 1.807) is 12.1 Å². The highest BCUT2D eigenvalue weighted by Crippen LogP contribution is 2.18. The van der Waals surface area contributed by atoms with Gasteiger partial charge in [0.05, 0.1) is 5.69 Å². The van der Waals surface area contributed by atoms with Gasteiger partial charge in [-0.3, -0.25) is 4.79 Å². The Morgan fingerprint density at radius 3 is 2.62 bits per heavy atom. The number of benzene rings is 1. The van der Waals surface area contributed by atoms with Crippen molar-refractivity contribution in [2.75, 3.05) is 0 Å². The van der Waals surface area contributed by atoms with E-state index in [4.69, 9.17) is 11.6 Å². The second kappa shape index (κ2) is 4.49. The van der Waals surface area contributed by atoms with Gasteiger partial charge in [0.1, 0.15) is 5.82 Å². The van der Waals surface area contributed by atoms with E-state index in [2.05, 4.69) is 9.97 Å². The normalized spacial score (nSPS) is 10.4. The largest absolute Gasteiger partial charge is 0.311 e. The molecule has 1 N–H and O–H groups in total. The molecule has 0 spiro atoms. The Morgan fingerprint density at radius 2 is 2.00 bits per heavy atom. The van der Waals surface area contributed by atoms with Crippen molar-refractivity contribution in [2.45, 2.75) is 13.3 Å². The summed E-state index contributed by atoms with van der Waals surface area (Å²) < 4.78 is 0. The Hall–Kier alpha value is -1.61. The third kappa shape index (κ3) is 2.31. The van der Waals surface area contributed by atoms with Gasteiger partial charge >= 0.3 is 0 Å². The summed E-state index contributed by atoms with van der Waals surface area (Å²) in [4.78, 5) is 18.4. The average Bonchev–Trinajstić information content (AvgIpc) is 2.29. The van der Waals surface area contributed by atoms with Crippen LogP contribution in [0.3, 0.4) is 0 Å². The fourth-order valence-electron chi connectivity index (χ4n) is 1.44. The van der Waals surface area contributed by atoms with Crippen molar-refractivity contribution >= 4 is 11.6 Å². The molecule has 1 heterocycles. The van der Waals surface area contributed by atoms with E-state index in [1.807, 2.05) is 19.1 Å². The molecule has 3 nitrogen and oxygen atoms in total. The minimum atomic E-state index is -0.128. The number of nitrogens with one attached hydrogen (secondary N) is 1. The standard InChI is InChI=1S/C12H11ClN2O/c1-2-11-14-10(7-12(16)15-11)8-3-5-9(13)6-4-8/h3-7H,2H2,1H3,(H,14,15,16). The summed E-state index contributed by atoms with van der Waals surface area (Å²) >= 11 is 5.80. The molecule has 1 aromatic carbocycles. The van der Waals surface area contributed by atoms with E-state index in [0.717, 1.165) is 5.56 Å². The summed E-state index contributed by atoms with van der Waals surface area (Å²) in [7, 11) is 0.